The lowest BCUT2D eigenvalue weighted by atomic mass is 9.96. The normalized spacial score (nSPS) is 20.0. The van der Waals surface area contributed by atoms with Gasteiger partial charge in [-0.1, -0.05) is 44.5 Å². The van der Waals surface area contributed by atoms with Crippen molar-refractivity contribution in [2.24, 2.45) is 11.7 Å². The van der Waals surface area contributed by atoms with Crippen molar-refractivity contribution in [3.05, 3.63) is 34.9 Å². The second-order valence-corrected chi connectivity index (χ2v) is 13.1. The highest BCUT2D eigenvalue weighted by molar-refractivity contribution is 6.74. The van der Waals surface area contributed by atoms with Crippen molar-refractivity contribution in [2.45, 2.75) is 45.0 Å². The van der Waals surface area contributed by atoms with Crippen molar-refractivity contribution in [2.75, 3.05) is 6.54 Å². The summed E-state index contributed by atoms with van der Waals surface area (Å²) in [4.78, 5) is 12.7. The van der Waals surface area contributed by atoms with Crippen molar-refractivity contribution in [1.29, 1.82) is 5.41 Å². The summed E-state index contributed by atoms with van der Waals surface area (Å²) >= 11 is 6.01. The fourth-order valence-corrected chi connectivity index (χ4v) is 3.90. The number of nitrogens with two attached hydrogens (primary N) is 1. The van der Waals surface area contributed by atoms with E-state index < -0.39 is 20.3 Å². The van der Waals surface area contributed by atoms with Gasteiger partial charge in [0.15, 0.2) is 8.32 Å². The zero-order valence-corrected chi connectivity index (χ0v) is 17.1. The number of benzene rings is 1. The van der Waals surface area contributed by atoms with E-state index in [0.29, 0.717) is 11.6 Å². The highest BCUT2D eigenvalue weighted by Crippen LogP contribution is 2.42. The van der Waals surface area contributed by atoms with E-state index in [9.17, 15) is 4.79 Å². The Hall–Kier alpha value is -1.41. The third kappa shape index (κ3) is 4.23. The number of rotatable bonds is 4. The highest BCUT2D eigenvalue weighted by Gasteiger charge is 2.45. The first-order valence-electron chi connectivity index (χ1n) is 8.29. The molecule has 25 heavy (non-hydrogen) atoms. The number of hydrogen-bond donors (Lipinski definition) is 3. The van der Waals surface area contributed by atoms with E-state index in [-0.39, 0.29) is 16.9 Å². The average molecular weight is 383 g/mol. The van der Waals surface area contributed by atoms with Crippen LogP contribution in [0.3, 0.4) is 0 Å². The average Bonchev–Trinajstić information content (AvgIpc) is 2.86. The summed E-state index contributed by atoms with van der Waals surface area (Å²) < 4.78 is 6.61. The number of hydrogen-bond acceptors (Lipinski definition) is 4. The number of amides is 1. The molecule has 4 N–H and O–H groups in total. The van der Waals surface area contributed by atoms with Gasteiger partial charge < -0.3 is 10.2 Å². The smallest absolute Gasteiger partial charge is 0.251 e. The molecule has 0 bridgehead atoms. The maximum atomic E-state index is 12.7. The van der Waals surface area contributed by atoms with E-state index in [1.54, 1.807) is 12.1 Å². The van der Waals surface area contributed by atoms with E-state index in [1.165, 1.54) is 0 Å². The van der Waals surface area contributed by atoms with Gasteiger partial charge >= 0.3 is 0 Å². The van der Waals surface area contributed by atoms with Gasteiger partial charge in [0.2, 0.25) is 5.96 Å². The summed E-state index contributed by atoms with van der Waals surface area (Å²) in [5, 5.41) is 9.26. The van der Waals surface area contributed by atoms with Gasteiger partial charge in [-0.3, -0.25) is 10.2 Å². The number of hydrazine groups is 1. The molecule has 0 aliphatic carbocycles. The second-order valence-electron chi connectivity index (χ2n) is 7.88. The molecular formula is C17H27ClN4O2Si. The molecule has 2 atom stereocenters. The number of guanidine groups is 1. The number of halogens is 1. The fourth-order valence-electron chi connectivity index (χ4n) is 2.49. The van der Waals surface area contributed by atoms with Gasteiger partial charge in [0.25, 0.3) is 5.91 Å². The molecule has 8 heteroatoms. The highest BCUT2D eigenvalue weighted by atomic mass is 35.5. The molecule has 1 aliphatic rings. The molecule has 0 saturated carbocycles. The Morgan fingerprint density at radius 3 is 2.40 bits per heavy atom. The van der Waals surface area contributed by atoms with Crippen molar-refractivity contribution in [1.82, 2.24) is 10.4 Å². The van der Waals surface area contributed by atoms with Crippen molar-refractivity contribution >= 4 is 31.8 Å². The minimum absolute atomic E-state index is 0.00696. The van der Waals surface area contributed by atoms with E-state index in [4.69, 9.17) is 27.2 Å². The molecule has 1 aromatic rings. The first-order chi connectivity index (χ1) is 11.4. The number of nitrogens with zero attached hydrogens (tertiary/aromatic N) is 1. The third-order valence-electron chi connectivity index (χ3n) is 5.04. The first-order valence-corrected chi connectivity index (χ1v) is 11.6. The molecule has 2 rings (SSSR count). The molecule has 1 saturated heterocycles. The lowest BCUT2D eigenvalue weighted by Gasteiger charge is -2.40. The molecule has 1 heterocycles. The number of carbonyl (C=O) groups is 1. The van der Waals surface area contributed by atoms with E-state index >= 15 is 0 Å². The van der Waals surface area contributed by atoms with Gasteiger partial charge in [0, 0.05) is 11.6 Å². The van der Waals surface area contributed by atoms with Crippen LogP contribution in [0, 0.1) is 11.3 Å². The summed E-state index contributed by atoms with van der Waals surface area (Å²) in [7, 11) is -2.13. The lowest BCUT2D eigenvalue weighted by molar-refractivity contribution is -0.131. The monoisotopic (exact) mass is 382 g/mol. The molecule has 0 unspecified atom stereocenters. The molecule has 0 aromatic heterocycles. The Balaban J connectivity index is 2.38. The van der Waals surface area contributed by atoms with Crippen molar-refractivity contribution in [3.63, 3.8) is 0 Å². The topological polar surface area (TPSA) is 91.4 Å². The molecule has 1 amide bonds. The van der Waals surface area contributed by atoms with E-state index in [0.717, 1.165) is 10.6 Å². The van der Waals surface area contributed by atoms with Crippen LogP contribution in [0.15, 0.2) is 24.3 Å². The Kier molecular flexibility index (Phi) is 5.63. The molecule has 0 radical (unpaired) electrons. The Bertz CT molecular complexity index is 658. The molecule has 138 valence electrons. The summed E-state index contributed by atoms with van der Waals surface area (Å²) in [5.41, 5.74) is 9.27. The minimum Gasteiger partial charge on any atom is -0.409 e. The fraction of sp³-hybridized carbons (Fsp3) is 0.529. The quantitative estimate of drug-likeness (QED) is 0.423. The Morgan fingerprint density at radius 1 is 1.40 bits per heavy atom. The van der Waals surface area contributed by atoms with Gasteiger partial charge in [-0.25, -0.2) is 10.4 Å². The minimum atomic E-state index is -2.13. The van der Waals surface area contributed by atoms with Crippen LogP contribution < -0.4 is 11.2 Å². The summed E-state index contributed by atoms with van der Waals surface area (Å²) in [5.74, 6) is -1.000. The van der Waals surface area contributed by atoms with Crippen molar-refractivity contribution < 1.29 is 9.22 Å². The van der Waals surface area contributed by atoms with Gasteiger partial charge in [-0.05, 0) is 35.8 Å². The van der Waals surface area contributed by atoms with Gasteiger partial charge in [0.05, 0.1) is 12.0 Å². The summed E-state index contributed by atoms with van der Waals surface area (Å²) in [6, 6.07) is 7.39. The largest absolute Gasteiger partial charge is 0.409 e. The molecular weight excluding hydrogens is 356 g/mol. The van der Waals surface area contributed by atoms with Crippen LogP contribution in [0.5, 0.6) is 0 Å². The summed E-state index contributed by atoms with van der Waals surface area (Å²) in [6.45, 7) is 11.2. The van der Waals surface area contributed by atoms with Gasteiger partial charge in [0.1, 0.15) is 0 Å². The van der Waals surface area contributed by atoms with E-state index in [1.807, 2.05) is 12.1 Å². The lowest BCUT2D eigenvalue weighted by Crippen LogP contribution is -2.46. The molecule has 1 fully saturated rings. The van der Waals surface area contributed by atoms with Crippen LogP contribution in [0.2, 0.25) is 23.2 Å². The first kappa shape index (κ1) is 19.9. The molecule has 0 spiro atoms. The Morgan fingerprint density at radius 2 is 1.96 bits per heavy atom. The summed E-state index contributed by atoms with van der Waals surface area (Å²) in [6.07, 6.45) is -0.414. The SMILES string of the molecule is CC(C)(C)[Si](C)(C)O[C@H](c1ccc(Cl)cc1)[C@@H]1CNN(C(=N)N)C1=O. The zero-order valence-electron chi connectivity index (χ0n) is 15.4. The maximum absolute atomic E-state index is 12.7. The molecule has 6 nitrogen and oxygen atoms in total. The maximum Gasteiger partial charge on any atom is 0.251 e. The second kappa shape index (κ2) is 7.07. The van der Waals surface area contributed by atoms with E-state index in [2.05, 4.69) is 39.3 Å². The van der Waals surface area contributed by atoms with Crippen LogP contribution in [0.25, 0.3) is 0 Å². The van der Waals surface area contributed by atoms with Crippen LogP contribution in [-0.2, 0) is 9.22 Å². The van der Waals surface area contributed by atoms with Crippen LogP contribution in [-0.4, -0.2) is 31.7 Å². The van der Waals surface area contributed by atoms with Gasteiger partial charge in [-0.15, -0.1) is 0 Å². The molecule has 1 aromatic carbocycles. The third-order valence-corrected chi connectivity index (χ3v) is 9.75. The standard InChI is InChI=1S/C17H27ClN4O2Si/c1-17(2,3)25(4,5)24-14(11-6-8-12(18)9-7-11)13-10-21-22(15(13)23)16(19)20/h6-9,13-14,21H,10H2,1-5H3,(H3,19,20)/t13-,14+/m0/s1. The zero-order chi connectivity index (χ0) is 19.0. The number of nitrogens with one attached hydrogen (secondary N) is 2. The molecule has 1 aliphatic heterocycles. The number of carbonyl (C=O) groups excluding carboxylic acids is 1. The predicted molar refractivity (Wildman–Crippen MR) is 103 cm³/mol. The van der Waals surface area contributed by atoms with Crippen molar-refractivity contribution in [3.8, 4) is 0 Å². The van der Waals surface area contributed by atoms with Crippen LogP contribution in [0.4, 0.5) is 0 Å². The van der Waals surface area contributed by atoms with Crippen LogP contribution >= 0.6 is 11.6 Å². The van der Waals surface area contributed by atoms with Gasteiger partial charge in [-0.2, -0.15) is 0 Å². The van der Waals surface area contributed by atoms with Crippen LogP contribution in [0.1, 0.15) is 32.4 Å². The predicted octanol–water partition coefficient (Wildman–Crippen LogP) is 3.26. The Labute approximate surface area is 155 Å².